The van der Waals surface area contributed by atoms with Gasteiger partial charge in [0.15, 0.2) is 0 Å². The van der Waals surface area contributed by atoms with Gasteiger partial charge in [-0.3, -0.25) is 0 Å². The van der Waals surface area contributed by atoms with Crippen LogP contribution in [0, 0.1) is 0 Å². The first-order valence-electron chi connectivity index (χ1n) is 5.03. The summed E-state index contributed by atoms with van der Waals surface area (Å²) in [5, 5.41) is 13.9. The second-order valence-electron chi connectivity index (χ2n) is 3.34. The van der Waals surface area contributed by atoms with E-state index in [1.165, 1.54) is 0 Å². The van der Waals surface area contributed by atoms with Gasteiger partial charge < -0.3 is 9.73 Å². The molecule has 0 aromatic carbocycles. The number of hydrogen-bond acceptors (Lipinski definition) is 4. The second kappa shape index (κ2) is 4.75. The molecule has 1 atom stereocenters. The molecule has 0 amide bonds. The van der Waals surface area contributed by atoms with Crippen molar-refractivity contribution in [1.82, 2.24) is 20.7 Å². The lowest BCUT2D eigenvalue weighted by atomic mass is 10.1. The van der Waals surface area contributed by atoms with E-state index in [1.807, 2.05) is 6.07 Å². The van der Waals surface area contributed by atoms with Crippen LogP contribution in [0.15, 0.2) is 29.2 Å². The van der Waals surface area contributed by atoms with Gasteiger partial charge in [0, 0.05) is 5.56 Å². The highest BCUT2D eigenvalue weighted by Gasteiger charge is 2.16. The van der Waals surface area contributed by atoms with Crippen molar-refractivity contribution in [3.05, 3.63) is 36.0 Å². The van der Waals surface area contributed by atoms with Crippen molar-refractivity contribution in [2.24, 2.45) is 0 Å². The van der Waals surface area contributed by atoms with Gasteiger partial charge in [0.1, 0.15) is 5.69 Å². The van der Waals surface area contributed by atoms with Crippen molar-refractivity contribution in [2.75, 3.05) is 6.54 Å². The molecular formula is C10H14N4O. The molecule has 0 aliphatic rings. The highest BCUT2D eigenvalue weighted by atomic mass is 16.3. The van der Waals surface area contributed by atoms with E-state index in [4.69, 9.17) is 4.42 Å². The topological polar surface area (TPSA) is 66.7 Å². The maximum Gasteiger partial charge on any atom is 0.104 e. The Balaban J connectivity index is 2.17. The number of rotatable bonds is 5. The van der Waals surface area contributed by atoms with E-state index in [2.05, 4.69) is 27.7 Å². The van der Waals surface area contributed by atoms with Crippen molar-refractivity contribution < 1.29 is 4.42 Å². The minimum Gasteiger partial charge on any atom is -0.472 e. The number of hydrogen-bond donors (Lipinski definition) is 2. The summed E-state index contributed by atoms with van der Waals surface area (Å²) in [5.74, 6) is 0. The monoisotopic (exact) mass is 206 g/mol. The summed E-state index contributed by atoms with van der Waals surface area (Å²) in [4.78, 5) is 0. The van der Waals surface area contributed by atoms with E-state index >= 15 is 0 Å². The molecule has 1 unspecified atom stereocenters. The number of nitrogens with one attached hydrogen (secondary N) is 2. The summed E-state index contributed by atoms with van der Waals surface area (Å²) >= 11 is 0. The smallest absolute Gasteiger partial charge is 0.104 e. The van der Waals surface area contributed by atoms with Crippen LogP contribution >= 0.6 is 0 Å². The van der Waals surface area contributed by atoms with Gasteiger partial charge in [-0.15, -0.1) is 0 Å². The summed E-state index contributed by atoms with van der Waals surface area (Å²) in [6.07, 6.45) is 6.19. The average molecular weight is 206 g/mol. The molecule has 5 heteroatoms. The SMILES string of the molecule is CCCNC(c1ccoc1)c1cn[nH]n1. The van der Waals surface area contributed by atoms with Crippen molar-refractivity contribution >= 4 is 0 Å². The van der Waals surface area contributed by atoms with Crippen LogP contribution in [0.5, 0.6) is 0 Å². The van der Waals surface area contributed by atoms with Gasteiger partial charge in [-0.1, -0.05) is 6.92 Å². The lowest BCUT2D eigenvalue weighted by Gasteiger charge is -2.13. The van der Waals surface area contributed by atoms with Crippen LogP contribution in [0.1, 0.15) is 30.6 Å². The van der Waals surface area contributed by atoms with Crippen LogP contribution < -0.4 is 5.32 Å². The van der Waals surface area contributed by atoms with Gasteiger partial charge >= 0.3 is 0 Å². The van der Waals surface area contributed by atoms with Gasteiger partial charge in [-0.2, -0.15) is 15.4 Å². The van der Waals surface area contributed by atoms with Crippen LogP contribution in [0.3, 0.4) is 0 Å². The summed E-state index contributed by atoms with van der Waals surface area (Å²) in [6.45, 7) is 3.06. The maximum absolute atomic E-state index is 5.08. The van der Waals surface area contributed by atoms with Crippen molar-refractivity contribution in [2.45, 2.75) is 19.4 Å². The normalized spacial score (nSPS) is 12.9. The van der Waals surface area contributed by atoms with Gasteiger partial charge in [0.05, 0.1) is 24.8 Å². The largest absolute Gasteiger partial charge is 0.472 e. The first-order chi connectivity index (χ1) is 7.42. The molecule has 2 N–H and O–H groups in total. The maximum atomic E-state index is 5.08. The highest BCUT2D eigenvalue weighted by molar-refractivity contribution is 5.21. The van der Waals surface area contributed by atoms with Crippen molar-refractivity contribution in [3.63, 3.8) is 0 Å². The number of H-pyrrole nitrogens is 1. The van der Waals surface area contributed by atoms with Gasteiger partial charge in [-0.25, -0.2) is 0 Å². The number of furan rings is 1. The van der Waals surface area contributed by atoms with Crippen molar-refractivity contribution in [1.29, 1.82) is 0 Å². The van der Waals surface area contributed by atoms with E-state index in [9.17, 15) is 0 Å². The molecule has 0 radical (unpaired) electrons. The fraction of sp³-hybridized carbons (Fsp3) is 0.400. The standard InChI is InChI=1S/C10H14N4O/c1-2-4-11-10(8-3-5-15-7-8)9-6-12-14-13-9/h3,5-7,10-11H,2,4H2,1H3,(H,12,13,14). The molecule has 0 saturated heterocycles. The Kier molecular flexibility index (Phi) is 3.14. The van der Waals surface area contributed by atoms with E-state index in [1.54, 1.807) is 18.7 Å². The third-order valence-corrected chi connectivity index (χ3v) is 2.20. The number of aromatic amines is 1. The first kappa shape index (κ1) is 9.92. The molecule has 80 valence electrons. The molecule has 0 bridgehead atoms. The Labute approximate surface area is 87.9 Å². The Morgan fingerprint density at radius 2 is 2.53 bits per heavy atom. The third-order valence-electron chi connectivity index (χ3n) is 2.20. The third kappa shape index (κ3) is 2.24. The first-order valence-corrected chi connectivity index (χ1v) is 5.03. The highest BCUT2D eigenvalue weighted by Crippen LogP contribution is 2.19. The van der Waals surface area contributed by atoms with Crippen molar-refractivity contribution in [3.8, 4) is 0 Å². The predicted octanol–water partition coefficient (Wildman–Crippen LogP) is 1.49. The Morgan fingerprint density at radius 1 is 1.60 bits per heavy atom. The Bertz CT molecular complexity index is 334. The lowest BCUT2D eigenvalue weighted by molar-refractivity contribution is 0.544. The molecule has 2 heterocycles. The van der Waals surface area contributed by atoms with Crippen LogP contribution in [0.25, 0.3) is 0 Å². The number of nitrogens with zero attached hydrogens (tertiary/aromatic N) is 2. The zero-order valence-electron chi connectivity index (χ0n) is 8.60. The van der Waals surface area contributed by atoms with Crippen LogP contribution in [-0.2, 0) is 0 Å². The molecule has 5 nitrogen and oxygen atoms in total. The van der Waals surface area contributed by atoms with Crippen LogP contribution in [-0.4, -0.2) is 22.0 Å². The zero-order valence-corrected chi connectivity index (χ0v) is 8.60. The zero-order chi connectivity index (χ0) is 10.5. The lowest BCUT2D eigenvalue weighted by Crippen LogP contribution is -2.23. The summed E-state index contributed by atoms with van der Waals surface area (Å²) in [5.41, 5.74) is 1.95. The fourth-order valence-electron chi connectivity index (χ4n) is 1.47. The van der Waals surface area contributed by atoms with Gasteiger partial charge in [-0.05, 0) is 19.0 Å². The quantitative estimate of drug-likeness (QED) is 0.777. The second-order valence-corrected chi connectivity index (χ2v) is 3.34. The van der Waals surface area contributed by atoms with Crippen LogP contribution in [0.4, 0.5) is 0 Å². The average Bonchev–Trinajstić information content (AvgIpc) is 2.90. The van der Waals surface area contributed by atoms with Crippen LogP contribution in [0.2, 0.25) is 0 Å². The molecule has 15 heavy (non-hydrogen) atoms. The molecule has 2 aromatic rings. The summed E-state index contributed by atoms with van der Waals surface area (Å²) in [6, 6.07) is 1.99. The minimum atomic E-state index is 0.0578. The molecule has 0 fully saturated rings. The minimum absolute atomic E-state index is 0.0578. The predicted molar refractivity (Wildman–Crippen MR) is 55.2 cm³/mol. The molecular weight excluding hydrogens is 192 g/mol. The molecule has 2 rings (SSSR count). The Morgan fingerprint density at radius 3 is 3.13 bits per heavy atom. The number of aromatic nitrogens is 3. The van der Waals surface area contributed by atoms with E-state index in [0.717, 1.165) is 24.2 Å². The fourth-order valence-corrected chi connectivity index (χ4v) is 1.47. The molecule has 2 aromatic heterocycles. The van der Waals surface area contributed by atoms with E-state index in [-0.39, 0.29) is 6.04 Å². The van der Waals surface area contributed by atoms with Gasteiger partial charge in [0.25, 0.3) is 0 Å². The Hall–Kier alpha value is -1.62. The molecule has 0 aliphatic carbocycles. The summed E-state index contributed by atoms with van der Waals surface area (Å²) in [7, 11) is 0. The van der Waals surface area contributed by atoms with Gasteiger partial charge in [0.2, 0.25) is 0 Å². The summed E-state index contributed by atoms with van der Waals surface area (Å²) < 4.78 is 5.08. The van der Waals surface area contributed by atoms with E-state index in [0.29, 0.717) is 0 Å². The molecule has 0 aliphatic heterocycles. The molecule has 0 saturated carbocycles. The molecule has 0 spiro atoms. The van der Waals surface area contributed by atoms with E-state index < -0.39 is 0 Å².